The number of esters is 2. The summed E-state index contributed by atoms with van der Waals surface area (Å²) >= 11 is 0. The minimum atomic E-state index is -1.30. The maximum Gasteiger partial charge on any atom is 0.328 e. The Morgan fingerprint density at radius 3 is 1.47 bits per heavy atom. The van der Waals surface area contributed by atoms with Crippen molar-refractivity contribution < 1.29 is 19.1 Å². The van der Waals surface area contributed by atoms with Gasteiger partial charge in [-0.2, -0.15) is 0 Å². The van der Waals surface area contributed by atoms with Crippen molar-refractivity contribution in [3.05, 3.63) is 25.7 Å². The Morgan fingerprint density at radius 2 is 1.26 bits per heavy atom. The smallest absolute Gasteiger partial charge is 0.328 e. The standard InChI is InChI=1S/C15H24O4/c1-7-18-13(16)15(9-11(3)4,10-12(5)6)14(17)19-8-2/h7-8,11-12H,1-2,9-10H2,3-6H3. The third-order valence-corrected chi connectivity index (χ3v) is 2.68. The number of hydrogen-bond donors (Lipinski definition) is 0. The zero-order chi connectivity index (χ0) is 15.1. The van der Waals surface area contributed by atoms with Gasteiger partial charge in [0, 0.05) is 0 Å². The van der Waals surface area contributed by atoms with E-state index in [0.717, 1.165) is 12.5 Å². The normalized spacial score (nSPS) is 11.3. The zero-order valence-corrected chi connectivity index (χ0v) is 12.3. The van der Waals surface area contributed by atoms with Crippen LogP contribution in [0.1, 0.15) is 40.5 Å². The molecule has 0 amide bonds. The Labute approximate surface area is 115 Å². The van der Waals surface area contributed by atoms with Crippen LogP contribution in [-0.2, 0) is 19.1 Å². The molecule has 0 spiro atoms. The van der Waals surface area contributed by atoms with Gasteiger partial charge >= 0.3 is 11.9 Å². The maximum absolute atomic E-state index is 12.2. The lowest BCUT2D eigenvalue weighted by molar-refractivity contribution is -0.168. The molecule has 0 heterocycles. The molecule has 0 bridgehead atoms. The van der Waals surface area contributed by atoms with Crippen molar-refractivity contribution in [2.75, 3.05) is 0 Å². The molecule has 4 heteroatoms. The second-order valence-corrected chi connectivity index (χ2v) is 5.42. The van der Waals surface area contributed by atoms with Crippen LogP contribution in [0.25, 0.3) is 0 Å². The molecule has 0 aromatic heterocycles. The molecule has 0 saturated carbocycles. The van der Waals surface area contributed by atoms with E-state index >= 15 is 0 Å². The molecular weight excluding hydrogens is 244 g/mol. The summed E-state index contributed by atoms with van der Waals surface area (Å²) in [5, 5.41) is 0. The van der Waals surface area contributed by atoms with Crippen LogP contribution in [0.5, 0.6) is 0 Å². The number of carbonyl (C=O) groups is 2. The highest BCUT2D eigenvalue weighted by Crippen LogP contribution is 2.37. The highest BCUT2D eigenvalue weighted by atomic mass is 16.5. The lowest BCUT2D eigenvalue weighted by atomic mass is 9.74. The van der Waals surface area contributed by atoms with E-state index in [0.29, 0.717) is 12.8 Å². The van der Waals surface area contributed by atoms with Crippen LogP contribution in [0.3, 0.4) is 0 Å². The second-order valence-electron chi connectivity index (χ2n) is 5.42. The second kappa shape index (κ2) is 7.77. The van der Waals surface area contributed by atoms with Crippen LogP contribution in [0.4, 0.5) is 0 Å². The third-order valence-electron chi connectivity index (χ3n) is 2.68. The quantitative estimate of drug-likeness (QED) is 0.384. The molecule has 0 aliphatic carbocycles. The van der Waals surface area contributed by atoms with E-state index in [1.807, 2.05) is 27.7 Å². The molecule has 0 aliphatic rings. The molecule has 0 aromatic rings. The maximum atomic E-state index is 12.2. The summed E-state index contributed by atoms with van der Waals surface area (Å²) in [6.07, 6.45) is 2.81. The van der Waals surface area contributed by atoms with Crippen LogP contribution >= 0.6 is 0 Å². The Balaban J connectivity index is 5.54. The lowest BCUT2D eigenvalue weighted by Crippen LogP contribution is -2.43. The number of carbonyl (C=O) groups excluding carboxylic acids is 2. The van der Waals surface area contributed by atoms with Gasteiger partial charge in [0.25, 0.3) is 0 Å². The van der Waals surface area contributed by atoms with Gasteiger partial charge < -0.3 is 9.47 Å². The van der Waals surface area contributed by atoms with E-state index in [-0.39, 0.29) is 11.8 Å². The zero-order valence-electron chi connectivity index (χ0n) is 12.3. The van der Waals surface area contributed by atoms with Crippen molar-refractivity contribution in [2.24, 2.45) is 17.3 Å². The first-order chi connectivity index (χ1) is 8.80. The van der Waals surface area contributed by atoms with Gasteiger partial charge in [-0.3, -0.25) is 9.59 Å². The number of ether oxygens (including phenoxy) is 2. The topological polar surface area (TPSA) is 52.6 Å². The molecule has 0 N–H and O–H groups in total. The van der Waals surface area contributed by atoms with E-state index in [1.54, 1.807) is 0 Å². The van der Waals surface area contributed by atoms with Crippen molar-refractivity contribution in [3.8, 4) is 0 Å². The monoisotopic (exact) mass is 268 g/mol. The van der Waals surface area contributed by atoms with Gasteiger partial charge in [-0.05, 0) is 24.7 Å². The minimum absolute atomic E-state index is 0.147. The predicted octanol–water partition coefficient (Wildman–Crippen LogP) is 3.44. The van der Waals surface area contributed by atoms with Gasteiger partial charge in [0.05, 0.1) is 12.5 Å². The van der Waals surface area contributed by atoms with Crippen LogP contribution in [0.2, 0.25) is 0 Å². The predicted molar refractivity (Wildman–Crippen MR) is 73.9 cm³/mol. The molecule has 0 fully saturated rings. The molecule has 0 rings (SSSR count). The molecule has 0 aromatic carbocycles. The van der Waals surface area contributed by atoms with Crippen LogP contribution in [0, 0.1) is 17.3 Å². The minimum Gasteiger partial charge on any atom is -0.434 e. The third kappa shape index (κ3) is 4.89. The number of rotatable bonds is 8. The summed E-state index contributed by atoms with van der Waals surface area (Å²) in [6, 6.07) is 0. The van der Waals surface area contributed by atoms with Crippen molar-refractivity contribution in [2.45, 2.75) is 40.5 Å². The highest BCUT2D eigenvalue weighted by Gasteiger charge is 2.49. The van der Waals surface area contributed by atoms with E-state index in [4.69, 9.17) is 9.47 Å². The van der Waals surface area contributed by atoms with E-state index in [1.165, 1.54) is 0 Å². The Hall–Kier alpha value is -1.58. The SMILES string of the molecule is C=COC(=O)C(CC(C)C)(CC(C)C)C(=O)OC=C. The first-order valence-electron chi connectivity index (χ1n) is 6.44. The van der Waals surface area contributed by atoms with Gasteiger partial charge in [-0.1, -0.05) is 40.9 Å². The van der Waals surface area contributed by atoms with Crippen molar-refractivity contribution in [1.82, 2.24) is 0 Å². The molecule has 0 radical (unpaired) electrons. The molecule has 108 valence electrons. The molecule has 4 nitrogen and oxygen atoms in total. The lowest BCUT2D eigenvalue weighted by Gasteiger charge is -2.31. The van der Waals surface area contributed by atoms with E-state index < -0.39 is 17.4 Å². The molecule has 0 unspecified atom stereocenters. The Kier molecular flexibility index (Phi) is 7.12. The Bertz CT molecular complexity index is 308. The van der Waals surface area contributed by atoms with E-state index in [2.05, 4.69) is 13.2 Å². The average molecular weight is 268 g/mol. The largest absolute Gasteiger partial charge is 0.434 e. The van der Waals surface area contributed by atoms with Gasteiger partial charge in [0.1, 0.15) is 0 Å². The van der Waals surface area contributed by atoms with Gasteiger partial charge in [-0.25, -0.2) is 0 Å². The van der Waals surface area contributed by atoms with Gasteiger partial charge in [-0.15, -0.1) is 0 Å². The van der Waals surface area contributed by atoms with Gasteiger partial charge in [0.15, 0.2) is 5.41 Å². The fourth-order valence-electron chi connectivity index (χ4n) is 2.27. The first kappa shape index (κ1) is 17.4. The molecule has 19 heavy (non-hydrogen) atoms. The van der Waals surface area contributed by atoms with Crippen molar-refractivity contribution in [3.63, 3.8) is 0 Å². The van der Waals surface area contributed by atoms with Crippen molar-refractivity contribution >= 4 is 11.9 Å². The summed E-state index contributed by atoms with van der Waals surface area (Å²) in [7, 11) is 0. The van der Waals surface area contributed by atoms with Gasteiger partial charge in [0.2, 0.25) is 0 Å². The average Bonchev–Trinajstić information content (AvgIpc) is 2.27. The fraction of sp³-hybridized carbons (Fsp3) is 0.600. The van der Waals surface area contributed by atoms with Crippen LogP contribution < -0.4 is 0 Å². The first-order valence-corrected chi connectivity index (χ1v) is 6.44. The summed E-state index contributed by atoms with van der Waals surface area (Å²) < 4.78 is 9.73. The summed E-state index contributed by atoms with van der Waals surface area (Å²) in [5.41, 5.74) is -1.30. The van der Waals surface area contributed by atoms with Crippen LogP contribution in [-0.4, -0.2) is 11.9 Å². The summed E-state index contributed by atoms with van der Waals surface area (Å²) in [5.74, 6) is -0.935. The van der Waals surface area contributed by atoms with E-state index in [9.17, 15) is 9.59 Å². The fourth-order valence-corrected chi connectivity index (χ4v) is 2.27. The molecule has 0 saturated heterocycles. The molecule has 0 aliphatic heterocycles. The summed E-state index contributed by atoms with van der Waals surface area (Å²) in [4.78, 5) is 24.4. The highest BCUT2D eigenvalue weighted by molar-refractivity contribution is 6.00. The summed E-state index contributed by atoms with van der Waals surface area (Å²) in [6.45, 7) is 14.5. The molecular formula is C15H24O4. The number of hydrogen-bond acceptors (Lipinski definition) is 4. The molecule has 0 atom stereocenters. The van der Waals surface area contributed by atoms with Crippen LogP contribution in [0.15, 0.2) is 25.7 Å². The Morgan fingerprint density at radius 1 is 0.947 bits per heavy atom. The van der Waals surface area contributed by atoms with Crippen molar-refractivity contribution in [1.29, 1.82) is 0 Å².